The summed E-state index contributed by atoms with van der Waals surface area (Å²) in [5.41, 5.74) is 0.810. The third-order valence-electron chi connectivity index (χ3n) is 2.99. The predicted octanol–water partition coefficient (Wildman–Crippen LogP) is 2.96. The average Bonchev–Trinajstić information content (AvgIpc) is 2.28. The maximum Gasteiger partial charge on any atom is 0.145 e. The van der Waals surface area contributed by atoms with Gasteiger partial charge < -0.3 is 0 Å². The Balaban J connectivity index is 2.58. The lowest BCUT2D eigenvalue weighted by Gasteiger charge is -2.20. The summed E-state index contributed by atoms with van der Waals surface area (Å²) in [6, 6.07) is 0. The average molecular weight is 166 g/mol. The van der Waals surface area contributed by atoms with E-state index in [1.54, 1.807) is 0 Å². The molecule has 1 rings (SSSR count). The van der Waals surface area contributed by atoms with Crippen molar-refractivity contribution >= 4 is 6.29 Å². The summed E-state index contributed by atoms with van der Waals surface area (Å²) < 4.78 is 0. The highest BCUT2D eigenvalue weighted by Gasteiger charge is 2.21. The Morgan fingerprint density at radius 3 is 2.67 bits per heavy atom. The van der Waals surface area contributed by atoms with Crippen molar-refractivity contribution in [2.24, 2.45) is 11.8 Å². The van der Waals surface area contributed by atoms with E-state index in [-0.39, 0.29) is 0 Å². The summed E-state index contributed by atoms with van der Waals surface area (Å²) in [4.78, 5) is 10.6. The Kier molecular flexibility index (Phi) is 3.51. The van der Waals surface area contributed by atoms with Gasteiger partial charge in [0.15, 0.2) is 0 Å². The number of carbonyl (C=O) groups excluding carboxylic acids is 1. The van der Waals surface area contributed by atoms with Crippen LogP contribution in [0.4, 0.5) is 0 Å². The second-order valence-corrected chi connectivity index (χ2v) is 3.91. The molecule has 1 aliphatic rings. The van der Waals surface area contributed by atoms with Crippen LogP contribution in [-0.2, 0) is 4.79 Å². The fourth-order valence-corrected chi connectivity index (χ4v) is 2.13. The van der Waals surface area contributed by atoms with E-state index in [1.165, 1.54) is 32.1 Å². The number of hydrogen-bond acceptors (Lipinski definition) is 1. The molecular weight excluding hydrogens is 148 g/mol. The Bertz CT molecular complexity index is 172. The fraction of sp³-hybridized carbons (Fsp3) is 0.727. The molecule has 0 radical (unpaired) electrons. The zero-order valence-corrected chi connectivity index (χ0v) is 7.88. The third kappa shape index (κ3) is 2.20. The first-order chi connectivity index (χ1) is 5.75. The Morgan fingerprint density at radius 2 is 2.00 bits per heavy atom. The molecule has 12 heavy (non-hydrogen) atoms. The standard InChI is InChI=1S/C11H18O/c1-9-6-4-3-5-7-11(9)10(2)8-12/h8-9,11H,2-7H2,1H3/t9-,11-/m1/s1. The lowest BCUT2D eigenvalue weighted by Crippen LogP contribution is -2.12. The van der Waals surface area contributed by atoms with Gasteiger partial charge in [0, 0.05) is 0 Å². The van der Waals surface area contributed by atoms with Gasteiger partial charge in [0.05, 0.1) is 0 Å². The Morgan fingerprint density at radius 1 is 1.33 bits per heavy atom. The minimum absolute atomic E-state index is 0.463. The molecule has 0 N–H and O–H groups in total. The van der Waals surface area contributed by atoms with Crippen LogP contribution in [0, 0.1) is 11.8 Å². The van der Waals surface area contributed by atoms with E-state index < -0.39 is 0 Å². The molecule has 1 nitrogen and oxygen atoms in total. The number of rotatable bonds is 2. The molecule has 0 aromatic carbocycles. The molecule has 1 aliphatic carbocycles. The van der Waals surface area contributed by atoms with Crippen molar-refractivity contribution < 1.29 is 4.79 Å². The Hall–Kier alpha value is -0.590. The van der Waals surface area contributed by atoms with Gasteiger partial charge in [-0.1, -0.05) is 39.2 Å². The van der Waals surface area contributed by atoms with Crippen LogP contribution in [0.15, 0.2) is 12.2 Å². The normalized spacial score (nSPS) is 30.8. The molecule has 0 aliphatic heterocycles. The summed E-state index contributed by atoms with van der Waals surface area (Å²) in [7, 11) is 0. The number of allylic oxidation sites excluding steroid dienone is 1. The highest BCUT2D eigenvalue weighted by molar-refractivity contribution is 5.72. The van der Waals surface area contributed by atoms with Crippen molar-refractivity contribution in [3.8, 4) is 0 Å². The Labute approximate surface area is 74.9 Å². The lowest BCUT2D eigenvalue weighted by molar-refractivity contribution is -0.105. The van der Waals surface area contributed by atoms with Crippen LogP contribution in [0.3, 0.4) is 0 Å². The molecule has 0 heterocycles. The molecule has 0 saturated heterocycles. The summed E-state index contributed by atoms with van der Waals surface area (Å²) in [6.45, 7) is 6.06. The molecule has 0 spiro atoms. The van der Waals surface area contributed by atoms with Crippen LogP contribution in [0.5, 0.6) is 0 Å². The lowest BCUT2D eigenvalue weighted by atomic mass is 9.85. The molecule has 68 valence electrons. The highest BCUT2D eigenvalue weighted by atomic mass is 16.1. The second-order valence-electron chi connectivity index (χ2n) is 3.91. The van der Waals surface area contributed by atoms with Crippen LogP contribution in [0.2, 0.25) is 0 Å². The van der Waals surface area contributed by atoms with Gasteiger partial charge in [-0.3, -0.25) is 4.79 Å². The molecule has 0 bridgehead atoms. The van der Waals surface area contributed by atoms with Crippen molar-refractivity contribution in [3.63, 3.8) is 0 Å². The maximum atomic E-state index is 10.6. The first kappa shape index (κ1) is 9.50. The van der Waals surface area contributed by atoms with Gasteiger partial charge in [-0.2, -0.15) is 0 Å². The van der Waals surface area contributed by atoms with E-state index in [0.717, 1.165) is 11.9 Å². The molecule has 0 aromatic heterocycles. The summed E-state index contributed by atoms with van der Waals surface area (Å²) >= 11 is 0. The SMILES string of the molecule is C=C(C=O)[C@@H]1CCCCC[C@H]1C. The van der Waals surface area contributed by atoms with Gasteiger partial charge in [-0.15, -0.1) is 0 Å². The molecule has 1 fully saturated rings. The van der Waals surface area contributed by atoms with Gasteiger partial charge >= 0.3 is 0 Å². The minimum atomic E-state index is 0.463. The minimum Gasteiger partial charge on any atom is -0.298 e. The number of carbonyl (C=O) groups is 1. The highest BCUT2D eigenvalue weighted by Crippen LogP contribution is 2.31. The fourth-order valence-electron chi connectivity index (χ4n) is 2.13. The quantitative estimate of drug-likeness (QED) is 0.350. The zero-order valence-electron chi connectivity index (χ0n) is 7.88. The summed E-state index contributed by atoms with van der Waals surface area (Å²) in [5, 5.41) is 0. The van der Waals surface area contributed by atoms with Crippen LogP contribution in [0.25, 0.3) is 0 Å². The van der Waals surface area contributed by atoms with E-state index >= 15 is 0 Å². The van der Waals surface area contributed by atoms with Gasteiger partial charge in [-0.25, -0.2) is 0 Å². The summed E-state index contributed by atoms with van der Waals surface area (Å²) in [5.74, 6) is 1.12. The van der Waals surface area contributed by atoms with E-state index in [1.807, 2.05) is 0 Å². The van der Waals surface area contributed by atoms with E-state index in [0.29, 0.717) is 11.8 Å². The van der Waals surface area contributed by atoms with Crippen molar-refractivity contribution in [1.29, 1.82) is 0 Å². The van der Waals surface area contributed by atoms with E-state index in [9.17, 15) is 4.79 Å². The molecule has 2 atom stereocenters. The summed E-state index contributed by atoms with van der Waals surface area (Å²) in [6.07, 6.45) is 7.28. The molecule has 0 aromatic rings. The molecule has 0 amide bonds. The van der Waals surface area contributed by atoms with Crippen molar-refractivity contribution in [2.75, 3.05) is 0 Å². The smallest absolute Gasteiger partial charge is 0.145 e. The second kappa shape index (κ2) is 4.44. The number of hydrogen-bond donors (Lipinski definition) is 0. The molecule has 1 saturated carbocycles. The van der Waals surface area contributed by atoms with Crippen molar-refractivity contribution in [3.05, 3.63) is 12.2 Å². The number of aldehydes is 1. The third-order valence-corrected chi connectivity index (χ3v) is 2.99. The topological polar surface area (TPSA) is 17.1 Å². The van der Waals surface area contributed by atoms with Crippen LogP contribution >= 0.6 is 0 Å². The van der Waals surface area contributed by atoms with Crippen LogP contribution in [-0.4, -0.2) is 6.29 Å². The first-order valence-electron chi connectivity index (χ1n) is 4.89. The van der Waals surface area contributed by atoms with Gasteiger partial charge in [-0.05, 0) is 23.8 Å². The maximum absolute atomic E-state index is 10.6. The molecular formula is C11H18O. The zero-order chi connectivity index (χ0) is 8.97. The van der Waals surface area contributed by atoms with Crippen molar-refractivity contribution in [1.82, 2.24) is 0 Å². The largest absolute Gasteiger partial charge is 0.298 e. The van der Waals surface area contributed by atoms with Crippen LogP contribution < -0.4 is 0 Å². The van der Waals surface area contributed by atoms with Crippen molar-refractivity contribution in [2.45, 2.75) is 39.0 Å². The van der Waals surface area contributed by atoms with Gasteiger partial charge in [0.25, 0.3) is 0 Å². The molecule has 1 heteroatoms. The predicted molar refractivity (Wildman–Crippen MR) is 50.9 cm³/mol. The van der Waals surface area contributed by atoms with Crippen LogP contribution in [0.1, 0.15) is 39.0 Å². The molecule has 0 unspecified atom stereocenters. The van der Waals surface area contributed by atoms with E-state index in [2.05, 4.69) is 13.5 Å². The first-order valence-corrected chi connectivity index (χ1v) is 4.89. The van der Waals surface area contributed by atoms with Gasteiger partial charge in [0.2, 0.25) is 0 Å². The monoisotopic (exact) mass is 166 g/mol. The van der Waals surface area contributed by atoms with E-state index in [4.69, 9.17) is 0 Å². The van der Waals surface area contributed by atoms with Gasteiger partial charge in [0.1, 0.15) is 6.29 Å².